The summed E-state index contributed by atoms with van der Waals surface area (Å²) in [4.78, 5) is 20.0. The van der Waals surface area contributed by atoms with Crippen molar-refractivity contribution in [2.75, 3.05) is 11.4 Å². The summed E-state index contributed by atoms with van der Waals surface area (Å²) in [5.74, 6) is 0.00165. The molecule has 1 aromatic heterocycles. The maximum absolute atomic E-state index is 13.4. The number of thiazole rings is 1. The van der Waals surface area contributed by atoms with E-state index in [0.717, 1.165) is 32.9 Å². The maximum Gasteiger partial charge on any atom is 0.260 e. The van der Waals surface area contributed by atoms with E-state index < -0.39 is 0 Å². The van der Waals surface area contributed by atoms with Gasteiger partial charge in [0.15, 0.2) is 5.13 Å². The van der Waals surface area contributed by atoms with Crippen LogP contribution in [-0.2, 0) is 6.42 Å². The molecule has 4 aromatic rings. The minimum atomic E-state index is 0.00165. The molecule has 0 atom stereocenters. The van der Waals surface area contributed by atoms with Crippen molar-refractivity contribution in [1.29, 1.82) is 0 Å². The van der Waals surface area contributed by atoms with Crippen molar-refractivity contribution < 1.29 is 4.79 Å². The first-order chi connectivity index (χ1) is 13.6. The third-order valence-electron chi connectivity index (χ3n) is 4.69. The van der Waals surface area contributed by atoms with Gasteiger partial charge >= 0.3 is 0 Å². The molecular formula is C24H22N2OS. The van der Waals surface area contributed by atoms with Gasteiger partial charge in [-0.2, -0.15) is 0 Å². The van der Waals surface area contributed by atoms with Gasteiger partial charge in [-0.25, -0.2) is 4.98 Å². The van der Waals surface area contributed by atoms with Crippen molar-refractivity contribution in [3.8, 4) is 0 Å². The zero-order valence-electron chi connectivity index (χ0n) is 16.1. The number of benzene rings is 3. The Morgan fingerprint density at radius 3 is 2.32 bits per heavy atom. The number of hydrogen-bond donors (Lipinski definition) is 0. The van der Waals surface area contributed by atoms with E-state index in [1.807, 2.05) is 73.3 Å². The van der Waals surface area contributed by atoms with Crippen molar-refractivity contribution in [1.82, 2.24) is 4.98 Å². The second kappa shape index (κ2) is 7.95. The fraction of sp³-hybridized carbons (Fsp3) is 0.167. The number of amides is 1. The average Bonchev–Trinajstić information content (AvgIpc) is 3.12. The first-order valence-corrected chi connectivity index (χ1v) is 10.2. The number of rotatable bonds is 5. The van der Waals surface area contributed by atoms with Crippen LogP contribution in [0.2, 0.25) is 0 Å². The monoisotopic (exact) mass is 386 g/mol. The molecule has 0 aliphatic carbocycles. The van der Waals surface area contributed by atoms with Crippen molar-refractivity contribution in [3.63, 3.8) is 0 Å². The third-order valence-corrected chi connectivity index (χ3v) is 5.75. The highest BCUT2D eigenvalue weighted by Crippen LogP contribution is 2.30. The van der Waals surface area contributed by atoms with Crippen LogP contribution >= 0.6 is 11.3 Å². The van der Waals surface area contributed by atoms with Crippen molar-refractivity contribution in [2.24, 2.45) is 0 Å². The van der Waals surface area contributed by atoms with Gasteiger partial charge in [0.05, 0.1) is 10.2 Å². The van der Waals surface area contributed by atoms with Gasteiger partial charge in [-0.3, -0.25) is 9.69 Å². The molecule has 3 aromatic carbocycles. The van der Waals surface area contributed by atoms with E-state index in [1.165, 1.54) is 5.56 Å². The highest BCUT2D eigenvalue weighted by molar-refractivity contribution is 7.22. The van der Waals surface area contributed by atoms with E-state index in [4.69, 9.17) is 4.98 Å². The Bertz CT molecular complexity index is 1060. The van der Waals surface area contributed by atoms with Crippen molar-refractivity contribution in [3.05, 3.63) is 95.1 Å². The summed E-state index contributed by atoms with van der Waals surface area (Å²) >= 11 is 1.57. The van der Waals surface area contributed by atoms with E-state index in [9.17, 15) is 4.79 Å². The molecule has 1 heterocycles. The Balaban J connectivity index is 1.70. The molecule has 28 heavy (non-hydrogen) atoms. The van der Waals surface area contributed by atoms with Gasteiger partial charge in [0.2, 0.25) is 0 Å². The minimum absolute atomic E-state index is 0.00165. The van der Waals surface area contributed by atoms with Crippen LogP contribution in [0.25, 0.3) is 10.2 Å². The summed E-state index contributed by atoms with van der Waals surface area (Å²) in [7, 11) is 0. The first-order valence-electron chi connectivity index (χ1n) is 9.40. The molecule has 3 nitrogen and oxygen atoms in total. The number of aryl methyl sites for hydroxylation is 2. The van der Waals surface area contributed by atoms with Gasteiger partial charge in [-0.1, -0.05) is 71.0 Å². The summed E-state index contributed by atoms with van der Waals surface area (Å²) in [6.07, 6.45) is 0.785. The van der Waals surface area contributed by atoms with Crippen LogP contribution in [0.1, 0.15) is 27.0 Å². The van der Waals surface area contributed by atoms with Crippen molar-refractivity contribution in [2.45, 2.75) is 20.3 Å². The molecule has 4 heteroatoms. The molecule has 0 saturated heterocycles. The van der Waals surface area contributed by atoms with E-state index in [0.29, 0.717) is 12.1 Å². The van der Waals surface area contributed by atoms with Gasteiger partial charge in [-0.15, -0.1) is 0 Å². The van der Waals surface area contributed by atoms with Crippen LogP contribution in [0.4, 0.5) is 5.13 Å². The van der Waals surface area contributed by atoms with E-state index in [1.54, 1.807) is 11.3 Å². The number of carbonyl (C=O) groups is 1. The fourth-order valence-corrected chi connectivity index (χ4v) is 4.39. The molecule has 1 amide bonds. The normalized spacial score (nSPS) is 10.9. The lowest BCUT2D eigenvalue weighted by Crippen LogP contribution is -2.33. The Morgan fingerprint density at radius 2 is 1.61 bits per heavy atom. The second-order valence-corrected chi connectivity index (χ2v) is 8.04. The van der Waals surface area contributed by atoms with Gasteiger partial charge in [0.1, 0.15) is 0 Å². The third kappa shape index (κ3) is 3.97. The largest absolute Gasteiger partial charge is 0.284 e. The lowest BCUT2D eigenvalue weighted by molar-refractivity contribution is 0.0987. The highest BCUT2D eigenvalue weighted by atomic mass is 32.1. The van der Waals surface area contributed by atoms with Gasteiger partial charge in [0.25, 0.3) is 5.91 Å². The Morgan fingerprint density at radius 1 is 0.929 bits per heavy atom. The molecule has 0 N–H and O–H groups in total. The number of para-hydroxylation sites is 1. The minimum Gasteiger partial charge on any atom is -0.284 e. The Labute approximate surface area is 169 Å². The Hall–Kier alpha value is -2.98. The van der Waals surface area contributed by atoms with Crippen LogP contribution in [0, 0.1) is 13.8 Å². The quantitative estimate of drug-likeness (QED) is 0.434. The van der Waals surface area contributed by atoms with E-state index in [-0.39, 0.29) is 5.91 Å². The van der Waals surface area contributed by atoms with Crippen molar-refractivity contribution >= 4 is 32.6 Å². The van der Waals surface area contributed by atoms with E-state index >= 15 is 0 Å². The van der Waals surface area contributed by atoms with Gasteiger partial charge in [0, 0.05) is 12.1 Å². The Kier molecular flexibility index (Phi) is 5.22. The summed E-state index contributed by atoms with van der Waals surface area (Å²) in [5, 5.41) is 0.751. The lowest BCUT2D eigenvalue weighted by atomic mass is 10.1. The van der Waals surface area contributed by atoms with Crippen LogP contribution in [0.15, 0.2) is 72.8 Å². The zero-order chi connectivity index (χ0) is 19.5. The number of hydrogen-bond acceptors (Lipinski definition) is 3. The lowest BCUT2D eigenvalue weighted by Gasteiger charge is -2.20. The molecule has 4 rings (SSSR count). The zero-order valence-corrected chi connectivity index (χ0v) is 16.9. The SMILES string of the molecule is Cc1cc(C)cc(C(=O)N(CCc2ccccc2)c2nc3ccccc3s2)c1. The predicted octanol–water partition coefficient (Wildman–Crippen LogP) is 5.80. The number of anilines is 1. The molecule has 0 unspecified atom stereocenters. The van der Waals surface area contributed by atoms with E-state index in [2.05, 4.69) is 18.2 Å². The van der Waals surface area contributed by atoms with Crippen LogP contribution < -0.4 is 4.90 Å². The molecule has 140 valence electrons. The fourth-order valence-electron chi connectivity index (χ4n) is 3.40. The van der Waals surface area contributed by atoms with Crippen LogP contribution in [-0.4, -0.2) is 17.4 Å². The molecule has 0 aliphatic heterocycles. The topological polar surface area (TPSA) is 33.2 Å². The van der Waals surface area contributed by atoms with Gasteiger partial charge in [-0.05, 0) is 50.1 Å². The summed E-state index contributed by atoms with van der Waals surface area (Å²) in [6.45, 7) is 4.64. The molecule has 0 radical (unpaired) electrons. The molecule has 0 bridgehead atoms. The average molecular weight is 387 g/mol. The molecule has 0 saturated carbocycles. The number of fused-ring (bicyclic) bond motifs is 1. The molecule has 0 fully saturated rings. The standard InChI is InChI=1S/C24H22N2OS/c1-17-14-18(2)16-20(15-17)23(27)26(13-12-19-8-4-3-5-9-19)24-25-21-10-6-7-11-22(21)28-24/h3-11,14-16H,12-13H2,1-2H3. The molecule has 0 spiro atoms. The van der Waals surface area contributed by atoms with Gasteiger partial charge < -0.3 is 0 Å². The molecule has 0 aliphatic rings. The summed E-state index contributed by atoms with van der Waals surface area (Å²) in [6, 6.07) is 24.3. The number of aromatic nitrogens is 1. The highest BCUT2D eigenvalue weighted by Gasteiger charge is 2.21. The second-order valence-electron chi connectivity index (χ2n) is 7.03. The smallest absolute Gasteiger partial charge is 0.260 e. The summed E-state index contributed by atoms with van der Waals surface area (Å²) in [5.41, 5.74) is 5.04. The molecular weight excluding hydrogens is 364 g/mol. The summed E-state index contributed by atoms with van der Waals surface area (Å²) < 4.78 is 1.09. The predicted molar refractivity (Wildman–Crippen MR) is 117 cm³/mol. The first kappa shape index (κ1) is 18.4. The van der Waals surface area contributed by atoms with Crippen LogP contribution in [0.3, 0.4) is 0 Å². The number of carbonyl (C=O) groups excluding carboxylic acids is 1. The number of nitrogens with zero attached hydrogens (tertiary/aromatic N) is 2. The van der Waals surface area contributed by atoms with Crippen LogP contribution in [0.5, 0.6) is 0 Å². The maximum atomic E-state index is 13.4.